The molecule has 0 aliphatic carbocycles. The normalized spacial score (nSPS) is 13.3. The van der Waals surface area contributed by atoms with Crippen molar-refractivity contribution < 1.29 is 19.1 Å². The van der Waals surface area contributed by atoms with Gasteiger partial charge in [0, 0.05) is 5.69 Å². The summed E-state index contributed by atoms with van der Waals surface area (Å²) in [4.78, 5) is 28.4. The van der Waals surface area contributed by atoms with Crippen LogP contribution in [-0.4, -0.2) is 29.3 Å². The fourth-order valence-electron chi connectivity index (χ4n) is 2.89. The molecule has 0 saturated heterocycles. The Labute approximate surface area is 161 Å². The maximum atomic E-state index is 12.4. The van der Waals surface area contributed by atoms with Crippen molar-refractivity contribution in [2.24, 2.45) is 5.73 Å². The van der Waals surface area contributed by atoms with Gasteiger partial charge in [0.2, 0.25) is 12.7 Å². The van der Waals surface area contributed by atoms with Crippen LogP contribution in [0.5, 0.6) is 11.5 Å². The molecule has 0 unspecified atom stereocenters. The van der Waals surface area contributed by atoms with E-state index >= 15 is 0 Å². The molecule has 142 valence electrons. The highest BCUT2D eigenvalue weighted by molar-refractivity contribution is 8.00. The van der Waals surface area contributed by atoms with Crippen LogP contribution >= 0.6 is 11.8 Å². The number of hydrogen-bond acceptors (Lipinski definition) is 6. The number of aromatic nitrogens is 1. The lowest BCUT2D eigenvalue weighted by atomic mass is 10.1. The zero-order valence-electron chi connectivity index (χ0n) is 15.4. The third-order valence-corrected chi connectivity index (χ3v) is 5.15. The molecule has 1 atom stereocenters. The molecule has 2 aromatic rings. The smallest absolute Gasteiger partial charge is 0.251 e. The number of aryl methyl sites for hydroxylation is 2. The van der Waals surface area contributed by atoms with E-state index in [4.69, 9.17) is 15.2 Å². The van der Waals surface area contributed by atoms with E-state index in [0.29, 0.717) is 22.1 Å². The van der Waals surface area contributed by atoms with E-state index in [1.165, 1.54) is 11.8 Å². The molecule has 3 N–H and O–H groups in total. The predicted molar refractivity (Wildman–Crippen MR) is 102 cm³/mol. The van der Waals surface area contributed by atoms with Crippen LogP contribution in [0.2, 0.25) is 0 Å². The van der Waals surface area contributed by atoms with Crippen molar-refractivity contribution in [1.82, 2.24) is 10.3 Å². The number of hydrogen-bond donors (Lipinski definition) is 2. The van der Waals surface area contributed by atoms with Gasteiger partial charge in [0.15, 0.2) is 11.5 Å². The Morgan fingerprint density at radius 2 is 2.00 bits per heavy atom. The Kier molecular flexibility index (Phi) is 5.55. The quantitative estimate of drug-likeness (QED) is 0.738. The molecule has 8 heteroatoms. The maximum Gasteiger partial charge on any atom is 0.251 e. The molecule has 7 nitrogen and oxygen atoms in total. The Balaban J connectivity index is 1.64. The van der Waals surface area contributed by atoms with Crippen molar-refractivity contribution in [3.8, 4) is 11.5 Å². The van der Waals surface area contributed by atoms with Crippen LogP contribution in [0.1, 0.15) is 40.1 Å². The number of thioether (sulfide) groups is 1. The maximum absolute atomic E-state index is 12.4. The number of fused-ring (bicyclic) bond motifs is 1. The van der Waals surface area contributed by atoms with E-state index in [0.717, 1.165) is 16.8 Å². The number of nitrogens with two attached hydrogens (primary N) is 1. The molecule has 0 spiro atoms. The van der Waals surface area contributed by atoms with Crippen LogP contribution in [0.25, 0.3) is 0 Å². The molecular formula is C19H21N3O4S. The van der Waals surface area contributed by atoms with Crippen molar-refractivity contribution in [3.05, 3.63) is 46.6 Å². The Morgan fingerprint density at radius 1 is 1.26 bits per heavy atom. The molecule has 0 bridgehead atoms. The van der Waals surface area contributed by atoms with E-state index < -0.39 is 5.91 Å². The molecule has 1 aliphatic heterocycles. The lowest BCUT2D eigenvalue weighted by Crippen LogP contribution is -2.28. The number of rotatable bonds is 6. The average molecular weight is 387 g/mol. The van der Waals surface area contributed by atoms with Gasteiger partial charge in [-0.2, -0.15) is 0 Å². The van der Waals surface area contributed by atoms with Crippen LogP contribution in [0, 0.1) is 13.8 Å². The predicted octanol–water partition coefficient (Wildman–Crippen LogP) is 2.50. The van der Waals surface area contributed by atoms with E-state index in [2.05, 4.69) is 10.3 Å². The molecule has 3 rings (SSSR count). The van der Waals surface area contributed by atoms with Crippen LogP contribution in [0.4, 0.5) is 0 Å². The Bertz CT molecular complexity index is 901. The monoisotopic (exact) mass is 387 g/mol. The summed E-state index contributed by atoms with van der Waals surface area (Å²) in [7, 11) is 0. The topological polar surface area (TPSA) is 104 Å². The third-order valence-electron chi connectivity index (χ3n) is 4.17. The number of nitrogens with one attached hydrogen (secondary N) is 1. The van der Waals surface area contributed by atoms with Crippen molar-refractivity contribution in [1.29, 1.82) is 0 Å². The highest BCUT2D eigenvalue weighted by atomic mass is 32.2. The second-order valence-electron chi connectivity index (χ2n) is 6.32. The van der Waals surface area contributed by atoms with E-state index in [9.17, 15) is 9.59 Å². The summed E-state index contributed by atoms with van der Waals surface area (Å²) in [5.74, 6) is 0.796. The summed E-state index contributed by atoms with van der Waals surface area (Å²) in [6.07, 6.45) is 0. The van der Waals surface area contributed by atoms with Gasteiger partial charge in [0.25, 0.3) is 5.91 Å². The van der Waals surface area contributed by atoms with Gasteiger partial charge >= 0.3 is 0 Å². The van der Waals surface area contributed by atoms with Gasteiger partial charge in [-0.25, -0.2) is 4.98 Å². The second-order valence-corrected chi connectivity index (χ2v) is 7.28. The molecule has 0 fully saturated rings. The minimum absolute atomic E-state index is 0.130. The number of benzene rings is 1. The molecule has 1 aliphatic rings. The first-order chi connectivity index (χ1) is 12.8. The van der Waals surface area contributed by atoms with E-state index in [-0.39, 0.29) is 24.5 Å². The van der Waals surface area contributed by atoms with Gasteiger partial charge < -0.3 is 20.5 Å². The number of nitrogens with zero attached hydrogens (tertiary/aromatic N) is 1. The molecule has 0 saturated carbocycles. The number of primary amides is 1. The number of ether oxygens (including phenoxy) is 2. The molecule has 27 heavy (non-hydrogen) atoms. The number of carbonyl (C=O) groups excluding carboxylic acids is 2. The second kappa shape index (κ2) is 7.87. The molecular weight excluding hydrogens is 366 g/mol. The van der Waals surface area contributed by atoms with Crippen LogP contribution in [0.3, 0.4) is 0 Å². The number of pyridine rings is 1. The van der Waals surface area contributed by atoms with Gasteiger partial charge in [0.1, 0.15) is 5.03 Å². The average Bonchev–Trinajstić information content (AvgIpc) is 3.06. The minimum Gasteiger partial charge on any atom is -0.454 e. The summed E-state index contributed by atoms with van der Waals surface area (Å²) in [6, 6.07) is 7.18. The van der Waals surface area contributed by atoms with Gasteiger partial charge in [-0.1, -0.05) is 17.8 Å². The van der Waals surface area contributed by atoms with Crippen LogP contribution < -0.4 is 20.5 Å². The molecule has 1 aromatic carbocycles. The molecule has 2 amide bonds. The SMILES string of the molecule is Cc1cc(C)c(C(N)=O)c(SCC(=O)N[C@@H](C)c2ccc3c(c2)OCO3)n1. The Hall–Kier alpha value is -2.74. The number of amides is 2. The van der Waals surface area contributed by atoms with Crippen molar-refractivity contribution >= 4 is 23.6 Å². The highest BCUT2D eigenvalue weighted by Crippen LogP contribution is 2.34. The van der Waals surface area contributed by atoms with Crippen molar-refractivity contribution in [2.45, 2.75) is 31.8 Å². The van der Waals surface area contributed by atoms with Gasteiger partial charge in [-0.05, 0) is 50.1 Å². The van der Waals surface area contributed by atoms with Gasteiger partial charge in [-0.15, -0.1) is 0 Å². The zero-order chi connectivity index (χ0) is 19.6. The fourth-order valence-corrected chi connectivity index (χ4v) is 3.86. The van der Waals surface area contributed by atoms with E-state index in [1.54, 1.807) is 13.0 Å². The first-order valence-electron chi connectivity index (χ1n) is 8.45. The summed E-state index contributed by atoms with van der Waals surface area (Å²) in [5, 5.41) is 3.41. The first kappa shape index (κ1) is 19.0. The minimum atomic E-state index is -0.545. The van der Waals surface area contributed by atoms with Gasteiger partial charge in [0.05, 0.1) is 17.4 Å². The molecule has 1 aromatic heterocycles. The fraction of sp³-hybridized carbons (Fsp3) is 0.316. The number of carbonyl (C=O) groups is 2. The highest BCUT2D eigenvalue weighted by Gasteiger charge is 2.19. The lowest BCUT2D eigenvalue weighted by Gasteiger charge is -2.15. The largest absolute Gasteiger partial charge is 0.454 e. The first-order valence-corrected chi connectivity index (χ1v) is 9.43. The van der Waals surface area contributed by atoms with E-state index in [1.807, 2.05) is 32.0 Å². The van der Waals surface area contributed by atoms with Gasteiger partial charge in [-0.3, -0.25) is 9.59 Å². The Morgan fingerprint density at radius 3 is 2.74 bits per heavy atom. The summed E-state index contributed by atoms with van der Waals surface area (Å²) < 4.78 is 10.7. The lowest BCUT2D eigenvalue weighted by molar-refractivity contribution is -0.119. The molecule has 0 radical (unpaired) electrons. The van der Waals surface area contributed by atoms with Crippen LogP contribution in [-0.2, 0) is 4.79 Å². The van der Waals surface area contributed by atoms with Crippen molar-refractivity contribution in [2.75, 3.05) is 12.5 Å². The third kappa shape index (κ3) is 4.33. The molecule has 2 heterocycles. The summed E-state index contributed by atoms with van der Waals surface area (Å²) in [5.41, 5.74) is 8.27. The summed E-state index contributed by atoms with van der Waals surface area (Å²) >= 11 is 1.20. The zero-order valence-corrected chi connectivity index (χ0v) is 16.2. The van der Waals surface area contributed by atoms with Crippen molar-refractivity contribution in [3.63, 3.8) is 0 Å². The summed E-state index contributed by atoms with van der Waals surface area (Å²) in [6.45, 7) is 5.75. The van der Waals surface area contributed by atoms with Crippen LogP contribution in [0.15, 0.2) is 29.3 Å². The standard InChI is InChI=1S/C19H21N3O4S/c1-10-6-11(2)21-19(17(10)18(20)24)27-8-16(23)22-12(3)13-4-5-14-15(7-13)26-9-25-14/h4-7,12H,8-9H2,1-3H3,(H2,20,24)(H,22,23)/t12-/m0/s1.